The zero-order valence-electron chi connectivity index (χ0n) is 40.1. The van der Waals surface area contributed by atoms with Crippen LogP contribution >= 0.6 is 0 Å². The molecule has 4 N–H and O–H groups in total. The molecule has 0 fully saturated rings. The quantitative estimate of drug-likeness (QED) is 0.0526. The van der Waals surface area contributed by atoms with Gasteiger partial charge in [0.2, 0.25) is 0 Å². The fraction of sp³-hybridized carbons (Fsp3) is 0.549. The van der Waals surface area contributed by atoms with Gasteiger partial charge in [-0.05, 0) is 125 Å². The van der Waals surface area contributed by atoms with E-state index in [4.69, 9.17) is 18.4 Å². The van der Waals surface area contributed by atoms with E-state index in [0.29, 0.717) is 48.1 Å². The summed E-state index contributed by atoms with van der Waals surface area (Å²) in [7, 11) is -5.02. The monoisotopic (exact) mass is 948 g/mol. The van der Waals surface area contributed by atoms with Gasteiger partial charge in [-0.15, -0.1) is 0 Å². The van der Waals surface area contributed by atoms with Crippen LogP contribution in [0.3, 0.4) is 0 Å². The molecule has 4 aliphatic rings. The molecule has 2 amide bonds. The van der Waals surface area contributed by atoms with Gasteiger partial charge in [-0.25, -0.2) is 0 Å². The number of phenols is 1. The van der Waals surface area contributed by atoms with Gasteiger partial charge >= 0.3 is 10.4 Å². The molecule has 0 radical (unpaired) electrons. The highest BCUT2D eigenvalue weighted by atomic mass is 32.3. The number of carbonyl (C=O) groups is 3. The van der Waals surface area contributed by atoms with Crippen LogP contribution in [0.5, 0.6) is 23.0 Å². The molecule has 0 spiro atoms. The third kappa shape index (κ3) is 11.9. The Morgan fingerprint density at radius 3 is 1.84 bits per heavy atom. The third-order valence-electron chi connectivity index (χ3n) is 13.6. The first-order valence-corrected chi connectivity index (χ1v) is 24.7. The molecule has 0 unspecified atom stereocenters. The maximum Gasteiger partial charge on any atom is 0.446 e. The first-order valence-electron chi connectivity index (χ1n) is 23.3. The van der Waals surface area contributed by atoms with Crippen LogP contribution in [0.1, 0.15) is 163 Å². The van der Waals surface area contributed by atoms with E-state index in [1.807, 2.05) is 6.92 Å². The molecule has 366 valence electrons. The standard InChI is InChI=1S/C51H68N2O13S/c1-31(2)14-9-16-33(5)18-11-21-50(7)43(56)26-37-41(55)24-35-40(46(37)64-50)29-53(49(35)59)45(63-30-54)20-13-23-52-28-39-36(48(52)58)25-42(66-67(60,61)62)38-27-44(57)51(8,65-47(38)39)22-12-19-34(6)17-10-15-32(3)4/h14-15,18-19,24-25,30,43-45,55-57H,9-13,16-17,20-23,26-29H2,1-8H3,(H,60,61,62)/b33-18+,34-19+/t43-,44-,45+,50+,51+/m0/s1. The van der Waals surface area contributed by atoms with Crippen LogP contribution in [-0.2, 0) is 45.9 Å². The van der Waals surface area contributed by atoms with Crippen molar-refractivity contribution in [1.82, 2.24) is 9.80 Å². The number of aromatic hydroxyl groups is 1. The maximum atomic E-state index is 14.0. The number of hydrogen-bond acceptors (Lipinski definition) is 12. The van der Waals surface area contributed by atoms with Crippen molar-refractivity contribution < 1.29 is 61.1 Å². The number of aliphatic hydroxyl groups excluding tert-OH is 2. The fourth-order valence-corrected chi connectivity index (χ4v) is 9.86. The molecule has 0 saturated heterocycles. The minimum Gasteiger partial charge on any atom is -0.508 e. The highest BCUT2D eigenvalue weighted by Gasteiger charge is 2.47. The Bertz CT molecular complexity index is 2470. The van der Waals surface area contributed by atoms with Gasteiger partial charge in [0.05, 0.1) is 36.4 Å². The molecule has 67 heavy (non-hydrogen) atoms. The van der Waals surface area contributed by atoms with Crippen molar-refractivity contribution in [2.45, 2.75) is 175 Å². The number of carbonyl (C=O) groups excluding carboxylic acids is 3. The highest BCUT2D eigenvalue weighted by molar-refractivity contribution is 7.81. The zero-order valence-corrected chi connectivity index (χ0v) is 41.0. The Labute approximate surface area is 395 Å². The molecule has 0 aromatic heterocycles. The van der Waals surface area contributed by atoms with Gasteiger partial charge in [0, 0.05) is 48.1 Å². The molecule has 2 aromatic rings. The Morgan fingerprint density at radius 1 is 0.776 bits per heavy atom. The lowest BCUT2D eigenvalue weighted by atomic mass is 9.84. The first-order chi connectivity index (χ1) is 31.5. The average Bonchev–Trinajstić information content (AvgIpc) is 3.73. The van der Waals surface area contributed by atoms with E-state index < -0.39 is 51.9 Å². The van der Waals surface area contributed by atoms with Crippen LogP contribution in [0, 0.1) is 0 Å². The number of ether oxygens (including phenoxy) is 3. The van der Waals surface area contributed by atoms with Crippen molar-refractivity contribution in [2.75, 3.05) is 6.54 Å². The van der Waals surface area contributed by atoms with Crippen LogP contribution in [0.2, 0.25) is 0 Å². The largest absolute Gasteiger partial charge is 0.508 e. The summed E-state index contributed by atoms with van der Waals surface area (Å²) in [6, 6.07) is 2.61. The molecular formula is C51H68N2O13S. The van der Waals surface area contributed by atoms with Gasteiger partial charge in [0.1, 0.15) is 28.5 Å². The lowest BCUT2D eigenvalue weighted by Crippen LogP contribution is -2.49. The number of hydrogen-bond donors (Lipinski definition) is 4. The second kappa shape index (κ2) is 21.0. The van der Waals surface area contributed by atoms with Gasteiger partial charge in [0.25, 0.3) is 18.3 Å². The van der Waals surface area contributed by atoms with Gasteiger partial charge in [-0.1, -0.05) is 46.6 Å². The normalized spacial score (nSPS) is 22.8. The molecule has 0 aliphatic carbocycles. The summed E-state index contributed by atoms with van der Waals surface area (Å²) in [6.07, 6.45) is 11.9. The zero-order chi connectivity index (χ0) is 49.0. The van der Waals surface area contributed by atoms with E-state index in [1.54, 1.807) is 6.92 Å². The average molecular weight is 949 g/mol. The van der Waals surface area contributed by atoms with E-state index in [2.05, 4.69) is 65.8 Å². The van der Waals surface area contributed by atoms with Crippen molar-refractivity contribution in [1.29, 1.82) is 0 Å². The first kappa shape index (κ1) is 51.2. The minimum atomic E-state index is -5.02. The third-order valence-corrected chi connectivity index (χ3v) is 13.9. The van der Waals surface area contributed by atoms with Gasteiger partial charge < -0.3 is 38.6 Å². The molecule has 0 bridgehead atoms. The summed E-state index contributed by atoms with van der Waals surface area (Å²) >= 11 is 0. The number of nitrogens with zero attached hydrogens (tertiary/aromatic N) is 2. The summed E-state index contributed by atoms with van der Waals surface area (Å²) in [5.41, 5.74) is 4.75. The highest BCUT2D eigenvalue weighted by Crippen LogP contribution is 2.49. The molecule has 6 rings (SSSR count). The van der Waals surface area contributed by atoms with E-state index in [0.717, 1.165) is 25.7 Å². The molecule has 2 aromatic carbocycles. The molecule has 5 atom stereocenters. The van der Waals surface area contributed by atoms with E-state index in [9.17, 15) is 42.7 Å². The van der Waals surface area contributed by atoms with Crippen molar-refractivity contribution in [2.24, 2.45) is 0 Å². The Balaban J connectivity index is 1.15. The van der Waals surface area contributed by atoms with Gasteiger partial charge in [-0.2, -0.15) is 8.42 Å². The molecule has 4 aliphatic heterocycles. The second-order valence-electron chi connectivity index (χ2n) is 19.5. The van der Waals surface area contributed by atoms with Crippen LogP contribution in [0.15, 0.2) is 58.7 Å². The number of allylic oxidation sites excluding steroid dienone is 8. The van der Waals surface area contributed by atoms with E-state index >= 15 is 0 Å². The Kier molecular flexibility index (Phi) is 16.1. The van der Waals surface area contributed by atoms with Crippen molar-refractivity contribution >= 4 is 28.7 Å². The summed E-state index contributed by atoms with van der Waals surface area (Å²) < 4.78 is 57.2. The molecule has 0 saturated carbocycles. The second-order valence-corrected chi connectivity index (χ2v) is 20.5. The lowest BCUT2D eigenvalue weighted by Gasteiger charge is -2.41. The number of aliphatic hydroxyl groups is 2. The predicted molar refractivity (Wildman–Crippen MR) is 252 cm³/mol. The van der Waals surface area contributed by atoms with Crippen LogP contribution in [0.4, 0.5) is 0 Å². The number of phenolic OH excluding ortho intramolecular Hbond substituents is 1. The molecule has 16 heteroatoms. The Morgan fingerprint density at radius 2 is 1.30 bits per heavy atom. The molecule has 15 nitrogen and oxygen atoms in total. The number of benzene rings is 2. The number of rotatable bonds is 21. The fourth-order valence-electron chi connectivity index (χ4n) is 9.48. The number of amides is 2. The van der Waals surface area contributed by atoms with Gasteiger partial charge in [0.15, 0.2) is 12.0 Å². The summed E-state index contributed by atoms with van der Waals surface area (Å²) in [6.45, 7) is 16.5. The Hall–Kier alpha value is -5.16. The topological polar surface area (TPSA) is 210 Å². The van der Waals surface area contributed by atoms with E-state index in [-0.39, 0.29) is 85.7 Å². The van der Waals surface area contributed by atoms with Crippen molar-refractivity contribution in [3.63, 3.8) is 0 Å². The lowest BCUT2D eigenvalue weighted by molar-refractivity contribution is -0.141. The summed E-state index contributed by atoms with van der Waals surface area (Å²) in [5, 5.41) is 33.8. The smallest absolute Gasteiger partial charge is 0.446 e. The minimum absolute atomic E-state index is 0.00875. The summed E-state index contributed by atoms with van der Waals surface area (Å²) in [5.74, 6) is -0.888. The van der Waals surface area contributed by atoms with Crippen molar-refractivity contribution in [3.8, 4) is 23.0 Å². The molecule has 4 heterocycles. The van der Waals surface area contributed by atoms with Crippen molar-refractivity contribution in [3.05, 3.63) is 92.1 Å². The number of fused-ring (bicyclic) bond motifs is 6. The van der Waals surface area contributed by atoms with Crippen LogP contribution in [-0.4, -0.2) is 92.6 Å². The SMILES string of the molecule is CC(C)=CCC/C(C)=C/CC[C@@]1(C)Oc2c(c(O)cc3c2CN([C@@H](CCCN2Cc4c(cc(OS(=O)(=O)O)c5c4O[C@](C)(CC/C=C(\C)CCC=C(C)C)[C@@H](O)C5)C2=O)OC=O)C3=O)C[C@@H]1O. The molecular weight excluding hydrogens is 881 g/mol. The maximum absolute atomic E-state index is 14.0. The summed E-state index contributed by atoms with van der Waals surface area (Å²) in [4.78, 5) is 42.8. The van der Waals surface area contributed by atoms with Gasteiger partial charge in [-0.3, -0.25) is 23.8 Å². The predicted octanol–water partition coefficient (Wildman–Crippen LogP) is 8.52. The van der Waals surface area contributed by atoms with Crippen LogP contribution < -0.4 is 13.7 Å². The van der Waals surface area contributed by atoms with E-state index in [1.165, 1.54) is 44.2 Å². The van der Waals surface area contributed by atoms with Crippen LogP contribution in [0.25, 0.3) is 0 Å².